The quantitative estimate of drug-likeness (QED) is 0.789. The molecule has 0 spiro atoms. The minimum absolute atomic E-state index is 0.0107. The van der Waals surface area contributed by atoms with E-state index in [1.165, 1.54) is 6.07 Å². The maximum atomic E-state index is 11.7. The van der Waals surface area contributed by atoms with Crippen LogP contribution in [0.4, 0.5) is 0 Å². The molecule has 2 atom stereocenters. The van der Waals surface area contributed by atoms with Crippen molar-refractivity contribution >= 4 is 5.97 Å². The molecule has 1 aromatic carbocycles. The van der Waals surface area contributed by atoms with Crippen LogP contribution in [0.5, 0.6) is 11.5 Å². The van der Waals surface area contributed by atoms with Crippen LogP contribution in [0.15, 0.2) is 18.2 Å². The van der Waals surface area contributed by atoms with E-state index in [9.17, 15) is 20.1 Å². The maximum absolute atomic E-state index is 11.7. The van der Waals surface area contributed by atoms with E-state index in [0.717, 1.165) is 12.0 Å². The molecule has 1 aromatic rings. The number of phenolic OH excluding ortho intramolecular Hbond substituents is 2. The first-order valence-electron chi connectivity index (χ1n) is 6.94. The van der Waals surface area contributed by atoms with E-state index in [2.05, 4.69) is 0 Å². The number of phenols is 2. The molecule has 2 rings (SSSR count). The molecule has 0 amide bonds. The first-order valence-corrected chi connectivity index (χ1v) is 6.94. The Balaban J connectivity index is 2.36. The van der Waals surface area contributed by atoms with Crippen molar-refractivity contribution in [3.63, 3.8) is 0 Å². The van der Waals surface area contributed by atoms with Gasteiger partial charge in [-0.1, -0.05) is 6.92 Å². The summed E-state index contributed by atoms with van der Waals surface area (Å²) >= 11 is 0. The van der Waals surface area contributed by atoms with Crippen molar-refractivity contribution in [3.8, 4) is 11.5 Å². The second-order valence-electron chi connectivity index (χ2n) is 5.45. The zero-order chi connectivity index (χ0) is 14.9. The topological polar surface area (TPSA) is 81.0 Å². The lowest BCUT2D eigenvalue weighted by atomic mass is 9.91. The summed E-state index contributed by atoms with van der Waals surface area (Å²) in [5.74, 6) is -0.819. The molecule has 0 aromatic heterocycles. The number of nitrogens with zero attached hydrogens (tertiary/aromatic N) is 1. The van der Waals surface area contributed by atoms with Gasteiger partial charge >= 0.3 is 5.97 Å². The maximum Gasteiger partial charge on any atom is 0.324 e. The first kappa shape index (κ1) is 14.7. The van der Waals surface area contributed by atoms with E-state index in [0.29, 0.717) is 19.4 Å². The monoisotopic (exact) mass is 279 g/mol. The summed E-state index contributed by atoms with van der Waals surface area (Å²) in [6.45, 7) is 4.50. The van der Waals surface area contributed by atoms with E-state index >= 15 is 0 Å². The van der Waals surface area contributed by atoms with Gasteiger partial charge in [0, 0.05) is 12.1 Å². The first-order chi connectivity index (χ1) is 9.40. The Labute approximate surface area is 118 Å². The van der Waals surface area contributed by atoms with Crippen LogP contribution in [0.1, 0.15) is 44.7 Å². The molecular weight excluding hydrogens is 258 g/mol. The third kappa shape index (κ3) is 2.33. The molecule has 1 fully saturated rings. The van der Waals surface area contributed by atoms with Crippen LogP contribution in [0.25, 0.3) is 0 Å². The van der Waals surface area contributed by atoms with Crippen LogP contribution >= 0.6 is 0 Å². The number of aromatic hydroxyl groups is 2. The van der Waals surface area contributed by atoms with Gasteiger partial charge in [0.1, 0.15) is 17.0 Å². The van der Waals surface area contributed by atoms with Crippen LogP contribution in [-0.4, -0.2) is 38.3 Å². The number of likely N-dealkylation sites (tertiary alicyclic amines) is 1. The van der Waals surface area contributed by atoms with Gasteiger partial charge in [-0.3, -0.25) is 9.69 Å². The molecule has 3 N–H and O–H groups in total. The molecule has 0 aliphatic carbocycles. The van der Waals surface area contributed by atoms with Gasteiger partial charge in [-0.2, -0.15) is 0 Å². The van der Waals surface area contributed by atoms with Gasteiger partial charge < -0.3 is 15.3 Å². The smallest absolute Gasteiger partial charge is 0.324 e. The summed E-state index contributed by atoms with van der Waals surface area (Å²) in [6.07, 6.45) is 2.01. The molecular formula is C15H21NO4. The number of hydrogen-bond donors (Lipinski definition) is 3. The summed E-state index contributed by atoms with van der Waals surface area (Å²) in [5, 5.41) is 28.8. The Morgan fingerprint density at radius 3 is 2.45 bits per heavy atom. The summed E-state index contributed by atoms with van der Waals surface area (Å²) in [4.78, 5) is 13.7. The highest BCUT2D eigenvalue weighted by Gasteiger charge is 2.48. The normalized spacial score (nSPS) is 24.7. The fourth-order valence-corrected chi connectivity index (χ4v) is 3.26. The van der Waals surface area contributed by atoms with E-state index < -0.39 is 11.5 Å². The Bertz CT molecular complexity index is 496. The number of carbonyl (C=O) groups is 1. The van der Waals surface area contributed by atoms with Gasteiger partial charge in [-0.15, -0.1) is 0 Å². The second kappa shape index (κ2) is 5.32. The second-order valence-corrected chi connectivity index (χ2v) is 5.45. The SMILES string of the molecule is CCC1(C(=O)O)CCCN1C(C)c1cc(O)cc(O)c1. The van der Waals surface area contributed by atoms with Crippen LogP contribution < -0.4 is 0 Å². The van der Waals surface area contributed by atoms with Crippen molar-refractivity contribution in [3.05, 3.63) is 23.8 Å². The van der Waals surface area contributed by atoms with Crippen molar-refractivity contribution in [2.45, 2.75) is 44.7 Å². The van der Waals surface area contributed by atoms with Crippen molar-refractivity contribution in [2.75, 3.05) is 6.54 Å². The third-order valence-corrected chi connectivity index (χ3v) is 4.40. The van der Waals surface area contributed by atoms with E-state index in [1.807, 2.05) is 18.7 Å². The molecule has 0 saturated carbocycles. The average Bonchev–Trinajstić information content (AvgIpc) is 2.81. The molecule has 5 nitrogen and oxygen atoms in total. The predicted octanol–water partition coefficient (Wildman–Crippen LogP) is 2.49. The molecule has 110 valence electrons. The lowest BCUT2D eigenvalue weighted by Crippen LogP contribution is -2.50. The number of aliphatic carboxylic acids is 1. The van der Waals surface area contributed by atoms with Crippen molar-refractivity contribution in [1.29, 1.82) is 0 Å². The summed E-state index contributed by atoms with van der Waals surface area (Å²) in [5.41, 5.74) is -0.121. The molecule has 0 radical (unpaired) electrons. The molecule has 1 heterocycles. The predicted molar refractivity (Wildman–Crippen MR) is 74.8 cm³/mol. The minimum Gasteiger partial charge on any atom is -0.508 e. The van der Waals surface area contributed by atoms with Crippen LogP contribution in [0.3, 0.4) is 0 Å². The van der Waals surface area contributed by atoms with E-state index in [1.54, 1.807) is 12.1 Å². The van der Waals surface area contributed by atoms with E-state index in [4.69, 9.17) is 0 Å². The zero-order valence-corrected chi connectivity index (χ0v) is 11.8. The number of rotatable bonds is 4. The molecule has 1 aliphatic heterocycles. The van der Waals surface area contributed by atoms with Crippen LogP contribution in [0, 0.1) is 0 Å². The molecule has 0 bridgehead atoms. The van der Waals surface area contributed by atoms with Crippen molar-refractivity contribution < 1.29 is 20.1 Å². The van der Waals surface area contributed by atoms with E-state index in [-0.39, 0.29) is 17.5 Å². The summed E-state index contributed by atoms with van der Waals surface area (Å²) in [7, 11) is 0. The fourth-order valence-electron chi connectivity index (χ4n) is 3.26. The highest BCUT2D eigenvalue weighted by molar-refractivity contribution is 5.79. The number of carboxylic acid groups (broad SMARTS) is 1. The summed E-state index contributed by atoms with van der Waals surface area (Å²) in [6, 6.07) is 4.24. The van der Waals surface area contributed by atoms with Gasteiger partial charge in [0.2, 0.25) is 0 Å². The molecule has 20 heavy (non-hydrogen) atoms. The van der Waals surface area contributed by atoms with Gasteiger partial charge in [-0.25, -0.2) is 0 Å². The Hall–Kier alpha value is -1.75. The van der Waals surface area contributed by atoms with Crippen molar-refractivity contribution in [1.82, 2.24) is 4.90 Å². The number of carboxylic acids is 1. The molecule has 5 heteroatoms. The van der Waals surface area contributed by atoms with Crippen LogP contribution in [0.2, 0.25) is 0 Å². The molecule has 1 saturated heterocycles. The highest BCUT2D eigenvalue weighted by atomic mass is 16.4. The highest BCUT2D eigenvalue weighted by Crippen LogP contribution is 2.40. The molecule has 2 unspecified atom stereocenters. The standard InChI is InChI=1S/C15H21NO4/c1-3-15(14(19)20)5-4-6-16(15)10(2)11-7-12(17)9-13(18)8-11/h7-10,17-18H,3-6H2,1-2H3,(H,19,20). The third-order valence-electron chi connectivity index (χ3n) is 4.40. The van der Waals surface area contributed by atoms with Gasteiger partial charge in [0.15, 0.2) is 0 Å². The lowest BCUT2D eigenvalue weighted by molar-refractivity contribution is -0.151. The molecule has 1 aliphatic rings. The Kier molecular flexibility index (Phi) is 3.90. The number of benzene rings is 1. The van der Waals surface area contributed by atoms with Gasteiger partial charge in [-0.05, 0) is 50.4 Å². The minimum atomic E-state index is -0.847. The Morgan fingerprint density at radius 2 is 1.95 bits per heavy atom. The fraction of sp³-hybridized carbons (Fsp3) is 0.533. The lowest BCUT2D eigenvalue weighted by Gasteiger charge is -2.38. The summed E-state index contributed by atoms with van der Waals surface area (Å²) < 4.78 is 0. The zero-order valence-electron chi connectivity index (χ0n) is 11.8. The largest absolute Gasteiger partial charge is 0.508 e. The Morgan fingerprint density at radius 1 is 1.35 bits per heavy atom. The van der Waals surface area contributed by atoms with Crippen LogP contribution in [-0.2, 0) is 4.79 Å². The van der Waals surface area contributed by atoms with Gasteiger partial charge in [0.25, 0.3) is 0 Å². The van der Waals surface area contributed by atoms with Gasteiger partial charge in [0.05, 0.1) is 0 Å². The van der Waals surface area contributed by atoms with Crippen molar-refractivity contribution in [2.24, 2.45) is 0 Å². The number of hydrogen-bond acceptors (Lipinski definition) is 4. The average molecular weight is 279 g/mol.